The molecular weight excluding hydrogens is 162 g/mol. The third-order valence-electron chi connectivity index (χ3n) is 3.76. The second-order valence-electron chi connectivity index (χ2n) is 4.62. The van der Waals surface area contributed by atoms with Gasteiger partial charge in [0.05, 0.1) is 0 Å². The van der Waals surface area contributed by atoms with Crippen LogP contribution in [0.3, 0.4) is 0 Å². The Bertz CT molecular complexity index is 159. The van der Waals surface area contributed by atoms with E-state index in [1.165, 1.54) is 38.5 Å². The molecule has 1 N–H and O–H groups in total. The summed E-state index contributed by atoms with van der Waals surface area (Å²) in [6, 6.07) is 0. The molecule has 1 saturated carbocycles. The van der Waals surface area contributed by atoms with Crippen LogP contribution >= 0.6 is 0 Å². The molecule has 0 radical (unpaired) electrons. The molecule has 0 spiro atoms. The second kappa shape index (κ2) is 3.97. The standard InChI is InChI=1S/C11H21NO/c1-12-11(6-7-11)5-2-10-3-8-13-9-4-10/h10,12H,2-9H2,1H3. The molecule has 2 nitrogen and oxygen atoms in total. The van der Waals surface area contributed by atoms with Crippen molar-refractivity contribution < 1.29 is 4.74 Å². The molecule has 2 fully saturated rings. The highest BCUT2D eigenvalue weighted by atomic mass is 16.5. The SMILES string of the molecule is CNC1(CCC2CCOCC2)CC1. The van der Waals surface area contributed by atoms with E-state index in [0.29, 0.717) is 5.54 Å². The Hall–Kier alpha value is -0.0800. The lowest BCUT2D eigenvalue weighted by molar-refractivity contribution is 0.0621. The van der Waals surface area contributed by atoms with Crippen LogP contribution in [0.1, 0.15) is 38.5 Å². The van der Waals surface area contributed by atoms with Crippen molar-refractivity contribution in [1.29, 1.82) is 0 Å². The Balaban J connectivity index is 1.66. The van der Waals surface area contributed by atoms with Gasteiger partial charge in [-0.25, -0.2) is 0 Å². The van der Waals surface area contributed by atoms with Crippen molar-refractivity contribution in [2.24, 2.45) is 5.92 Å². The normalized spacial score (nSPS) is 27.5. The highest BCUT2D eigenvalue weighted by Gasteiger charge is 2.40. The molecule has 0 atom stereocenters. The van der Waals surface area contributed by atoms with Crippen LogP contribution in [0.15, 0.2) is 0 Å². The first-order valence-corrected chi connectivity index (χ1v) is 5.61. The topological polar surface area (TPSA) is 21.3 Å². The van der Waals surface area contributed by atoms with Gasteiger partial charge in [-0.05, 0) is 51.5 Å². The minimum atomic E-state index is 0.554. The van der Waals surface area contributed by atoms with Crippen molar-refractivity contribution >= 4 is 0 Å². The van der Waals surface area contributed by atoms with Crippen LogP contribution in [0.25, 0.3) is 0 Å². The Kier molecular flexibility index (Phi) is 2.89. The fourth-order valence-corrected chi connectivity index (χ4v) is 2.29. The highest BCUT2D eigenvalue weighted by molar-refractivity contribution is 5.00. The predicted molar refractivity (Wildman–Crippen MR) is 53.8 cm³/mol. The highest BCUT2D eigenvalue weighted by Crippen LogP contribution is 2.40. The Labute approximate surface area is 81.0 Å². The molecule has 2 aliphatic rings. The zero-order chi connectivity index (χ0) is 9.15. The van der Waals surface area contributed by atoms with E-state index in [0.717, 1.165) is 19.1 Å². The van der Waals surface area contributed by atoms with Gasteiger partial charge in [0.15, 0.2) is 0 Å². The van der Waals surface area contributed by atoms with Crippen LogP contribution < -0.4 is 5.32 Å². The molecule has 1 aliphatic carbocycles. The van der Waals surface area contributed by atoms with Gasteiger partial charge in [0.25, 0.3) is 0 Å². The lowest BCUT2D eigenvalue weighted by Crippen LogP contribution is -2.28. The second-order valence-corrected chi connectivity index (χ2v) is 4.62. The molecule has 2 heteroatoms. The van der Waals surface area contributed by atoms with Crippen LogP contribution in [0, 0.1) is 5.92 Å². The van der Waals surface area contributed by atoms with Crippen molar-refractivity contribution in [2.75, 3.05) is 20.3 Å². The van der Waals surface area contributed by atoms with Gasteiger partial charge in [-0.3, -0.25) is 0 Å². The van der Waals surface area contributed by atoms with Gasteiger partial charge in [0.1, 0.15) is 0 Å². The fourth-order valence-electron chi connectivity index (χ4n) is 2.29. The lowest BCUT2D eigenvalue weighted by atomic mass is 9.92. The maximum Gasteiger partial charge on any atom is 0.0468 e. The van der Waals surface area contributed by atoms with Gasteiger partial charge in [0.2, 0.25) is 0 Å². The summed E-state index contributed by atoms with van der Waals surface area (Å²) in [4.78, 5) is 0. The van der Waals surface area contributed by atoms with Crippen LogP contribution in [-0.4, -0.2) is 25.8 Å². The van der Waals surface area contributed by atoms with Gasteiger partial charge in [0, 0.05) is 18.8 Å². The Morgan fingerprint density at radius 3 is 2.54 bits per heavy atom. The quantitative estimate of drug-likeness (QED) is 0.719. The first-order valence-electron chi connectivity index (χ1n) is 5.61. The van der Waals surface area contributed by atoms with Crippen molar-refractivity contribution in [2.45, 2.75) is 44.1 Å². The summed E-state index contributed by atoms with van der Waals surface area (Å²) < 4.78 is 5.36. The molecule has 0 aromatic rings. The summed E-state index contributed by atoms with van der Waals surface area (Å²) in [5, 5.41) is 3.46. The van der Waals surface area contributed by atoms with E-state index in [4.69, 9.17) is 4.74 Å². The molecule has 0 amide bonds. The fraction of sp³-hybridized carbons (Fsp3) is 1.00. The Morgan fingerprint density at radius 2 is 2.00 bits per heavy atom. The smallest absolute Gasteiger partial charge is 0.0468 e. The summed E-state index contributed by atoms with van der Waals surface area (Å²) in [6.45, 7) is 1.99. The van der Waals surface area contributed by atoms with Crippen LogP contribution in [0.4, 0.5) is 0 Å². The molecule has 0 bridgehead atoms. The van der Waals surface area contributed by atoms with Crippen molar-refractivity contribution in [3.8, 4) is 0 Å². The van der Waals surface area contributed by atoms with E-state index in [1.54, 1.807) is 0 Å². The average Bonchev–Trinajstić information content (AvgIpc) is 2.97. The summed E-state index contributed by atoms with van der Waals surface area (Å²) in [6.07, 6.45) is 8.16. The maximum atomic E-state index is 5.36. The van der Waals surface area contributed by atoms with Gasteiger partial charge in [-0.1, -0.05) is 0 Å². The molecular formula is C11H21NO. The van der Waals surface area contributed by atoms with E-state index in [2.05, 4.69) is 12.4 Å². The number of hydrogen-bond donors (Lipinski definition) is 1. The molecule has 1 saturated heterocycles. The summed E-state index contributed by atoms with van der Waals surface area (Å²) in [7, 11) is 2.11. The van der Waals surface area contributed by atoms with Gasteiger partial charge < -0.3 is 10.1 Å². The van der Waals surface area contributed by atoms with Gasteiger partial charge in [-0.15, -0.1) is 0 Å². The van der Waals surface area contributed by atoms with Crippen LogP contribution in [-0.2, 0) is 4.74 Å². The first-order chi connectivity index (χ1) is 6.35. The van der Waals surface area contributed by atoms with E-state index in [-0.39, 0.29) is 0 Å². The van der Waals surface area contributed by atoms with E-state index >= 15 is 0 Å². The molecule has 1 aliphatic heterocycles. The third-order valence-corrected chi connectivity index (χ3v) is 3.76. The zero-order valence-corrected chi connectivity index (χ0v) is 8.64. The number of ether oxygens (including phenoxy) is 1. The monoisotopic (exact) mass is 183 g/mol. The van der Waals surface area contributed by atoms with Gasteiger partial charge >= 0.3 is 0 Å². The molecule has 0 aromatic heterocycles. The van der Waals surface area contributed by atoms with E-state index < -0.39 is 0 Å². The molecule has 2 rings (SSSR count). The lowest BCUT2D eigenvalue weighted by Gasteiger charge is -2.24. The average molecular weight is 183 g/mol. The minimum absolute atomic E-state index is 0.554. The first kappa shape index (κ1) is 9.47. The number of rotatable bonds is 4. The minimum Gasteiger partial charge on any atom is -0.381 e. The van der Waals surface area contributed by atoms with Crippen LogP contribution in [0.5, 0.6) is 0 Å². The molecule has 0 aromatic carbocycles. The number of nitrogens with one attached hydrogen (secondary N) is 1. The van der Waals surface area contributed by atoms with Crippen molar-refractivity contribution in [3.05, 3.63) is 0 Å². The van der Waals surface area contributed by atoms with Gasteiger partial charge in [-0.2, -0.15) is 0 Å². The van der Waals surface area contributed by atoms with E-state index in [1.807, 2.05) is 0 Å². The molecule has 13 heavy (non-hydrogen) atoms. The van der Waals surface area contributed by atoms with Crippen molar-refractivity contribution in [1.82, 2.24) is 5.32 Å². The predicted octanol–water partition coefficient (Wildman–Crippen LogP) is 1.95. The summed E-state index contributed by atoms with van der Waals surface area (Å²) in [5.41, 5.74) is 0.554. The van der Waals surface area contributed by atoms with Crippen molar-refractivity contribution in [3.63, 3.8) is 0 Å². The molecule has 76 valence electrons. The number of hydrogen-bond acceptors (Lipinski definition) is 2. The summed E-state index contributed by atoms with van der Waals surface area (Å²) in [5.74, 6) is 0.944. The summed E-state index contributed by atoms with van der Waals surface area (Å²) >= 11 is 0. The Morgan fingerprint density at radius 1 is 1.31 bits per heavy atom. The third kappa shape index (κ3) is 2.44. The zero-order valence-electron chi connectivity index (χ0n) is 8.64. The molecule has 1 heterocycles. The van der Waals surface area contributed by atoms with E-state index in [9.17, 15) is 0 Å². The largest absolute Gasteiger partial charge is 0.381 e. The maximum absolute atomic E-state index is 5.36. The molecule has 0 unspecified atom stereocenters. The van der Waals surface area contributed by atoms with Crippen LogP contribution in [0.2, 0.25) is 0 Å².